The molecule has 0 aliphatic carbocycles. The third-order valence-electron chi connectivity index (χ3n) is 1.99. The Morgan fingerprint density at radius 3 is 2.79 bits per heavy atom. The van der Waals surface area contributed by atoms with Crippen molar-refractivity contribution in [3.63, 3.8) is 0 Å². The number of imidazole rings is 1. The predicted octanol–water partition coefficient (Wildman–Crippen LogP) is -0.399. The van der Waals surface area contributed by atoms with Gasteiger partial charge in [-0.15, -0.1) is 0 Å². The van der Waals surface area contributed by atoms with Crippen LogP contribution in [0.5, 0.6) is 0 Å². The van der Waals surface area contributed by atoms with Gasteiger partial charge in [-0.25, -0.2) is 9.59 Å². The predicted molar refractivity (Wildman–Crippen MR) is 48.6 cm³/mol. The molecule has 0 aliphatic heterocycles. The normalized spacial score (nSPS) is 10.4. The highest BCUT2D eigenvalue weighted by atomic mass is 16.5. The van der Waals surface area contributed by atoms with Gasteiger partial charge in [0.15, 0.2) is 0 Å². The molecule has 0 radical (unpaired) electrons. The summed E-state index contributed by atoms with van der Waals surface area (Å²) in [6.45, 7) is 0.380. The van der Waals surface area contributed by atoms with Gasteiger partial charge in [0.2, 0.25) is 0 Å². The van der Waals surface area contributed by atoms with E-state index in [-0.39, 0.29) is 5.69 Å². The van der Waals surface area contributed by atoms with E-state index < -0.39 is 11.7 Å². The van der Waals surface area contributed by atoms with Gasteiger partial charge in [0, 0.05) is 20.6 Å². The topological polar surface area (TPSA) is 84.3 Å². The van der Waals surface area contributed by atoms with Crippen LogP contribution in [0.3, 0.4) is 0 Å². The lowest BCUT2D eigenvalue weighted by Gasteiger charge is -2.01. The van der Waals surface area contributed by atoms with Crippen LogP contribution in [0.1, 0.15) is 16.2 Å². The summed E-state index contributed by atoms with van der Waals surface area (Å²) in [5.74, 6) is -1.13. The van der Waals surface area contributed by atoms with E-state index in [0.29, 0.717) is 18.7 Å². The Morgan fingerprint density at radius 2 is 2.29 bits per heavy atom. The lowest BCUT2D eigenvalue weighted by molar-refractivity contribution is 0.0689. The number of methoxy groups -OCH3 is 1. The smallest absolute Gasteiger partial charge is 0.354 e. The summed E-state index contributed by atoms with van der Waals surface area (Å²) in [5, 5.41) is 8.78. The van der Waals surface area contributed by atoms with Crippen LogP contribution < -0.4 is 5.69 Å². The number of rotatable bonds is 4. The quantitative estimate of drug-likeness (QED) is 0.692. The zero-order chi connectivity index (χ0) is 10.7. The molecule has 6 heteroatoms. The van der Waals surface area contributed by atoms with Crippen molar-refractivity contribution in [2.45, 2.75) is 6.42 Å². The molecule has 1 aromatic rings. The van der Waals surface area contributed by atoms with Gasteiger partial charge in [-0.3, -0.25) is 9.55 Å². The Kier molecular flexibility index (Phi) is 3.08. The molecule has 0 saturated carbocycles. The Bertz CT molecular complexity index is 391. The van der Waals surface area contributed by atoms with E-state index >= 15 is 0 Å². The summed E-state index contributed by atoms with van der Waals surface area (Å²) in [5.41, 5.74) is -0.0348. The van der Waals surface area contributed by atoms with Crippen LogP contribution in [0.15, 0.2) is 4.79 Å². The summed E-state index contributed by atoms with van der Waals surface area (Å²) in [6.07, 6.45) is 0.396. The standard InChI is InChI=1S/C8H12N2O4/c1-10-5(3-4-14-2)6(7(11)12)9-8(10)13/h3-4H2,1-2H3,(H,9,13)(H,11,12). The number of ether oxygens (including phenoxy) is 1. The first kappa shape index (κ1) is 10.5. The number of carbonyl (C=O) groups is 1. The molecule has 0 amide bonds. The van der Waals surface area contributed by atoms with Crippen molar-refractivity contribution in [3.05, 3.63) is 21.9 Å². The number of aromatic nitrogens is 2. The number of carboxylic acids is 1. The first-order chi connectivity index (χ1) is 6.57. The third-order valence-corrected chi connectivity index (χ3v) is 1.99. The molecule has 2 N–H and O–H groups in total. The number of nitrogens with zero attached hydrogens (tertiary/aromatic N) is 1. The molecule has 0 bridgehead atoms. The van der Waals surface area contributed by atoms with Gasteiger partial charge in [-0.1, -0.05) is 0 Å². The van der Waals surface area contributed by atoms with E-state index in [4.69, 9.17) is 9.84 Å². The number of hydrogen-bond acceptors (Lipinski definition) is 3. The van der Waals surface area contributed by atoms with Gasteiger partial charge in [-0.05, 0) is 0 Å². The number of aromatic carboxylic acids is 1. The Balaban J connectivity index is 3.10. The molecule has 0 atom stereocenters. The Morgan fingerprint density at radius 1 is 1.64 bits per heavy atom. The summed E-state index contributed by atoms with van der Waals surface area (Å²) in [6, 6.07) is 0. The van der Waals surface area contributed by atoms with E-state index in [0.717, 1.165) is 0 Å². The molecule has 1 rings (SSSR count). The summed E-state index contributed by atoms with van der Waals surface area (Å²) in [7, 11) is 3.04. The van der Waals surface area contributed by atoms with Crippen LogP contribution in [0.4, 0.5) is 0 Å². The van der Waals surface area contributed by atoms with Crippen LogP contribution in [0.2, 0.25) is 0 Å². The molecule has 0 spiro atoms. The highest BCUT2D eigenvalue weighted by molar-refractivity contribution is 5.86. The molecule has 0 saturated heterocycles. The fourth-order valence-electron chi connectivity index (χ4n) is 1.22. The van der Waals surface area contributed by atoms with E-state index in [1.54, 1.807) is 0 Å². The van der Waals surface area contributed by atoms with Gasteiger partial charge in [0.25, 0.3) is 0 Å². The fraction of sp³-hybridized carbons (Fsp3) is 0.500. The summed E-state index contributed by atoms with van der Waals surface area (Å²) >= 11 is 0. The molecular formula is C8H12N2O4. The van der Waals surface area contributed by atoms with Gasteiger partial charge in [-0.2, -0.15) is 0 Å². The Hall–Kier alpha value is -1.56. The van der Waals surface area contributed by atoms with Crippen molar-refractivity contribution < 1.29 is 14.6 Å². The number of nitrogens with one attached hydrogen (secondary N) is 1. The maximum Gasteiger partial charge on any atom is 0.354 e. The number of aromatic amines is 1. The number of carboxylic acid groups (broad SMARTS) is 1. The SMILES string of the molecule is COCCc1c(C(=O)O)[nH]c(=O)n1C. The molecule has 1 aromatic heterocycles. The molecule has 0 unspecified atom stereocenters. The number of H-pyrrole nitrogens is 1. The van der Waals surface area contributed by atoms with Gasteiger partial charge < -0.3 is 9.84 Å². The van der Waals surface area contributed by atoms with E-state index in [2.05, 4.69) is 4.98 Å². The van der Waals surface area contributed by atoms with Crippen molar-refractivity contribution in [1.29, 1.82) is 0 Å². The van der Waals surface area contributed by atoms with Crippen molar-refractivity contribution >= 4 is 5.97 Å². The molecule has 78 valence electrons. The first-order valence-electron chi connectivity index (χ1n) is 4.08. The molecule has 0 fully saturated rings. The minimum absolute atomic E-state index is 0.0606. The fourth-order valence-corrected chi connectivity index (χ4v) is 1.22. The first-order valence-corrected chi connectivity index (χ1v) is 4.08. The largest absolute Gasteiger partial charge is 0.477 e. The zero-order valence-corrected chi connectivity index (χ0v) is 8.03. The van der Waals surface area contributed by atoms with E-state index in [9.17, 15) is 9.59 Å². The summed E-state index contributed by atoms with van der Waals surface area (Å²) < 4.78 is 6.10. The van der Waals surface area contributed by atoms with Crippen molar-refractivity contribution in [2.75, 3.05) is 13.7 Å². The molecule has 0 aromatic carbocycles. The van der Waals surface area contributed by atoms with Gasteiger partial charge >= 0.3 is 11.7 Å². The monoisotopic (exact) mass is 200 g/mol. The van der Waals surface area contributed by atoms with Crippen molar-refractivity contribution in [3.8, 4) is 0 Å². The second-order valence-corrected chi connectivity index (χ2v) is 2.86. The molecule has 0 aliphatic rings. The number of hydrogen-bond donors (Lipinski definition) is 2. The van der Waals surface area contributed by atoms with Gasteiger partial charge in [0.1, 0.15) is 5.69 Å². The molecule has 14 heavy (non-hydrogen) atoms. The molecule has 6 nitrogen and oxygen atoms in total. The highest BCUT2D eigenvalue weighted by Crippen LogP contribution is 2.04. The van der Waals surface area contributed by atoms with Crippen LogP contribution in [-0.4, -0.2) is 34.3 Å². The van der Waals surface area contributed by atoms with Crippen LogP contribution in [0.25, 0.3) is 0 Å². The van der Waals surface area contributed by atoms with Gasteiger partial charge in [0.05, 0.1) is 12.3 Å². The van der Waals surface area contributed by atoms with Crippen molar-refractivity contribution in [1.82, 2.24) is 9.55 Å². The lowest BCUT2D eigenvalue weighted by Crippen LogP contribution is -2.15. The van der Waals surface area contributed by atoms with Crippen LogP contribution in [-0.2, 0) is 18.2 Å². The average Bonchev–Trinajstić information content (AvgIpc) is 2.41. The van der Waals surface area contributed by atoms with E-state index in [1.165, 1.54) is 18.7 Å². The van der Waals surface area contributed by atoms with Crippen LogP contribution >= 0.6 is 0 Å². The maximum absolute atomic E-state index is 11.1. The maximum atomic E-state index is 11.1. The molecular weight excluding hydrogens is 188 g/mol. The van der Waals surface area contributed by atoms with E-state index in [1.807, 2.05) is 0 Å². The Labute approximate surface area is 80.1 Å². The minimum Gasteiger partial charge on any atom is -0.477 e. The minimum atomic E-state index is -1.13. The second kappa shape index (κ2) is 4.10. The summed E-state index contributed by atoms with van der Waals surface area (Å²) in [4.78, 5) is 24.1. The zero-order valence-electron chi connectivity index (χ0n) is 8.03. The lowest BCUT2D eigenvalue weighted by atomic mass is 10.2. The third kappa shape index (κ3) is 1.85. The molecule has 1 heterocycles. The van der Waals surface area contributed by atoms with Crippen LogP contribution in [0, 0.1) is 0 Å². The second-order valence-electron chi connectivity index (χ2n) is 2.86. The van der Waals surface area contributed by atoms with Crippen molar-refractivity contribution in [2.24, 2.45) is 7.05 Å². The average molecular weight is 200 g/mol. The highest BCUT2D eigenvalue weighted by Gasteiger charge is 2.16.